The first-order chi connectivity index (χ1) is 20.8. The number of amides is 5. The quantitative estimate of drug-likeness (QED) is 0.192. The third-order valence-electron chi connectivity index (χ3n) is 9.70. The van der Waals surface area contributed by atoms with Gasteiger partial charge in [-0.15, -0.1) is 0 Å². The van der Waals surface area contributed by atoms with Gasteiger partial charge in [0.2, 0.25) is 17.6 Å². The lowest BCUT2D eigenvalue weighted by Gasteiger charge is -2.37. The summed E-state index contributed by atoms with van der Waals surface area (Å²) in [6.07, 6.45) is 6.95. The molecule has 2 aliphatic carbocycles. The molecule has 0 aromatic rings. The van der Waals surface area contributed by atoms with Crippen LogP contribution in [-0.4, -0.2) is 81.6 Å². The number of carbonyl (C=O) groups is 6. The number of hydrogen-bond acceptors (Lipinski definition) is 7. The Labute approximate surface area is 267 Å². The Morgan fingerprint density at radius 2 is 1.49 bits per heavy atom. The number of Topliss-reactive ketones (excluding diaryl/α,β-unsaturated/α-hetero) is 2. The number of likely N-dealkylation sites (tertiary alicyclic amines) is 1. The van der Waals surface area contributed by atoms with Crippen LogP contribution in [0.25, 0.3) is 0 Å². The number of aliphatic hydroxyl groups is 1. The number of nitrogens with zero attached hydrogens (tertiary/aromatic N) is 1. The second-order valence-corrected chi connectivity index (χ2v) is 15.4. The van der Waals surface area contributed by atoms with E-state index in [9.17, 15) is 33.9 Å². The Balaban J connectivity index is 1.84. The number of urea groups is 1. The van der Waals surface area contributed by atoms with Crippen molar-refractivity contribution in [2.24, 2.45) is 34.8 Å². The monoisotopic (exact) mass is 633 g/mol. The highest BCUT2D eigenvalue weighted by Gasteiger charge is 2.49. The van der Waals surface area contributed by atoms with Crippen LogP contribution in [-0.2, 0) is 24.0 Å². The summed E-state index contributed by atoms with van der Waals surface area (Å²) in [4.78, 5) is 80.3. The number of ketones is 2. The van der Waals surface area contributed by atoms with Crippen LogP contribution in [0.1, 0.15) is 106 Å². The Bertz CT molecular complexity index is 1130. The maximum Gasteiger partial charge on any atom is 0.316 e. The zero-order valence-electron chi connectivity index (χ0n) is 28.1. The molecule has 1 saturated heterocycles. The topological polar surface area (TPSA) is 188 Å². The molecule has 12 heteroatoms. The Hall–Kier alpha value is -3.02. The second kappa shape index (κ2) is 14.6. The van der Waals surface area contributed by atoms with E-state index in [-0.39, 0.29) is 42.9 Å². The van der Waals surface area contributed by atoms with E-state index in [1.807, 2.05) is 13.8 Å². The fraction of sp³-hybridized carbons (Fsp3) is 0.818. The van der Waals surface area contributed by atoms with E-state index in [4.69, 9.17) is 5.73 Å². The van der Waals surface area contributed by atoms with Gasteiger partial charge in [-0.2, -0.15) is 0 Å². The van der Waals surface area contributed by atoms with E-state index in [1.165, 1.54) is 4.90 Å². The standard InChI is InChI=1S/C33H55N5O7/c1-18(2)25(39)24(20-11-9-8-10-12-20)36-31(44)37-27(32(3,4)5)30(43)38-17-21(33(6,7)45)16-23(38)29(42)35-22(15-19-13-14-19)26(40)28(34)41/h18-24,27,45H,8-17H2,1-7H3,(H2,34,41)(H,35,42)(H2,36,37,44)/t21-,22?,23+,24+,27-/m1/s1. The molecule has 6 N–H and O–H groups in total. The molecule has 0 aromatic heterocycles. The van der Waals surface area contributed by atoms with Gasteiger partial charge in [0, 0.05) is 18.4 Å². The number of primary amides is 1. The summed E-state index contributed by atoms with van der Waals surface area (Å²) < 4.78 is 0. The highest BCUT2D eigenvalue weighted by molar-refractivity contribution is 6.37. The number of nitrogens with two attached hydrogens (primary N) is 1. The summed E-state index contributed by atoms with van der Waals surface area (Å²) in [5, 5.41) is 19.2. The molecule has 1 heterocycles. The van der Waals surface area contributed by atoms with Gasteiger partial charge < -0.3 is 31.7 Å². The molecular weight excluding hydrogens is 578 g/mol. The van der Waals surface area contributed by atoms with Gasteiger partial charge in [-0.1, -0.05) is 66.7 Å². The summed E-state index contributed by atoms with van der Waals surface area (Å²) in [6, 6.07) is -4.54. The van der Waals surface area contributed by atoms with Crippen LogP contribution < -0.4 is 21.7 Å². The van der Waals surface area contributed by atoms with E-state index in [0.717, 1.165) is 44.9 Å². The zero-order valence-corrected chi connectivity index (χ0v) is 28.1. The summed E-state index contributed by atoms with van der Waals surface area (Å²) >= 11 is 0. The predicted octanol–water partition coefficient (Wildman–Crippen LogP) is 2.20. The maximum absolute atomic E-state index is 14.3. The Morgan fingerprint density at radius 1 is 0.889 bits per heavy atom. The van der Waals surface area contributed by atoms with Crippen molar-refractivity contribution < 1.29 is 33.9 Å². The summed E-state index contributed by atoms with van der Waals surface area (Å²) in [6.45, 7) is 12.3. The third-order valence-corrected chi connectivity index (χ3v) is 9.70. The highest BCUT2D eigenvalue weighted by Crippen LogP contribution is 2.36. The van der Waals surface area contributed by atoms with Gasteiger partial charge >= 0.3 is 6.03 Å². The molecule has 254 valence electrons. The number of nitrogens with one attached hydrogen (secondary N) is 3. The molecular formula is C33H55N5O7. The fourth-order valence-electron chi connectivity index (χ4n) is 6.57. The number of hydrogen-bond donors (Lipinski definition) is 5. The van der Waals surface area contributed by atoms with Crippen molar-refractivity contribution in [1.82, 2.24) is 20.9 Å². The summed E-state index contributed by atoms with van der Waals surface area (Å²) in [7, 11) is 0. The van der Waals surface area contributed by atoms with Gasteiger partial charge in [-0.3, -0.25) is 24.0 Å². The van der Waals surface area contributed by atoms with Crippen molar-refractivity contribution in [3.63, 3.8) is 0 Å². The SMILES string of the molecule is CC(C)C(=O)[C@@H](NC(=O)N[C@H](C(=O)N1C[C@H](C(C)(C)O)C[C@H]1C(=O)NC(CC1CC1)C(=O)C(N)=O)C(C)(C)C)C1CCCCC1. The normalized spacial score (nSPS) is 23.2. The van der Waals surface area contributed by atoms with Gasteiger partial charge in [-0.05, 0) is 56.8 Å². The molecule has 0 aromatic carbocycles. The summed E-state index contributed by atoms with van der Waals surface area (Å²) in [5.41, 5.74) is 3.25. The van der Waals surface area contributed by atoms with Gasteiger partial charge in [0.1, 0.15) is 12.1 Å². The van der Waals surface area contributed by atoms with Crippen LogP contribution in [0.5, 0.6) is 0 Å². The van der Waals surface area contributed by atoms with Gasteiger partial charge in [0.15, 0.2) is 5.78 Å². The van der Waals surface area contributed by atoms with E-state index >= 15 is 0 Å². The third kappa shape index (κ3) is 9.73. The Morgan fingerprint density at radius 3 is 1.98 bits per heavy atom. The van der Waals surface area contributed by atoms with Crippen LogP contribution in [0.3, 0.4) is 0 Å². The minimum atomic E-state index is -1.23. The largest absolute Gasteiger partial charge is 0.390 e. The smallest absolute Gasteiger partial charge is 0.316 e. The lowest BCUT2D eigenvalue weighted by atomic mass is 9.80. The van der Waals surface area contributed by atoms with Crippen LogP contribution in [0, 0.1) is 29.1 Å². The molecule has 1 unspecified atom stereocenters. The first kappa shape index (κ1) is 36.4. The van der Waals surface area contributed by atoms with Crippen molar-refractivity contribution in [3.05, 3.63) is 0 Å². The van der Waals surface area contributed by atoms with E-state index in [2.05, 4.69) is 16.0 Å². The van der Waals surface area contributed by atoms with E-state index < -0.39 is 70.6 Å². The minimum Gasteiger partial charge on any atom is -0.390 e. The van der Waals surface area contributed by atoms with Crippen molar-refractivity contribution in [2.75, 3.05) is 6.54 Å². The fourth-order valence-corrected chi connectivity index (χ4v) is 6.57. The molecule has 45 heavy (non-hydrogen) atoms. The first-order valence-corrected chi connectivity index (χ1v) is 16.6. The molecule has 0 spiro atoms. The van der Waals surface area contributed by atoms with Gasteiger partial charge in [-0.25, -0.2) is 4.79 Å². The van der Waals surface area contributed by atoms with Crippen LogP contribution in [0.15, 0.2) is 0 Å². The molecule has 3 fully saturated rings. The van der Waals surface area contributed by atoms with Crippen molar-refractivity contribution in [1.29, 1.82) is 0 Å². The van der Waals surface area contributed by atoms with E-state index in [1.54, 1.807) is 34.6 Å². The summed E-state index contributed by atoms with van der Waals surface area (Å²) in [5.74, 6) is -3.73. The maximum atomic E-state index is 14.3. The highest BCUT2D eigenvalue weighted by atomic mass is 16.3. The molecule has 0 bridgehead atoms. The van der Waals surface area contributed by atoms with Crippen LogP contribution >= 0.6 is 0 Å². The lowest BCUT2D eigenvalue weighted by Crippen LogP contribution is -2.61. The first-order valence-electron chi connectivity index (χ1n) is 16.6. The van der Waals surface area contributed by atoms with Crippen molar-refractivity contribution >= 4 is 35.3 Å². The predicted molar refractivity (Wildman–Crippen MR) is 168 cm³/mol. The van der Waals surface area contributed by atoms with Gasteiger partial charge in [0.05, 0.1) is 17.7 Å². The zero-order chi connectivity index (χ0) is 33.9. The molecule has 3 aliphatic rings. The molecule has 3 rings (SSSR count). The average molecular weight is 634 g/mol. The number of rotatable bonds is 13. The molecule has 5 amide bonds. The van der Waals surface area contributed by atoms with Crippen LogP contribution in [0.4, 0.5) is 4.79 Å². The molecule has 2 saturated carbocycles. The second-order valence-electron chi connectivity index (χ2n) is 15.4. The van der Waals surface area contributed by atoms with Crippen LogP contribution in [0.2, 0.25) is 0 Å². The van der Waals surface area contributed by atoms with E-state index in [0.29, 0.717) is 0 Å². The molecule has 1 aliphatic heterocycles. The lowest BCUT2D eigenvalue weighted by molar-refractivity contribution is -0.143. The molecule has 0 radical (unpaired) electrons. The minimum absolute atomic E-state index is 0.0223. The molecule has 5 atom stereocenters. The number of carbonyl (C=O) groups excluding carboxylic acids is 6. The average Bonchev–Trinajstić information content (AvgIpc) is 3.64. The Kier molecular flexibility index (Phi) is 11.8. The van der Waals surface area contributed by atoms with Crippen molar-refractivity contribution in [2.45, 2.75) is 136 Å². The molecule has 12 nitrogen and oxygen atoms in total. The van der Waals surface area contributed by atoms with Gasteiger partial charge in [0.25, 0.3) is 5.91 Å². The van der Waals surface area contributed by atoms with Crippen molar-refractivity contribution in [3.8, 4) is 0 Å².